The van der Waals surface area contributed by atoms with Gasteiger partial charge in [-0.2, -0.15) is 0 Å². The maximum Gasteiger partial charge on any atom is 0.199 e. The minimum absolute atomic E-state index is 0.261. The molecule has 4 heteroatoms. The largest absolute Gasteiger partial charge is 0.478 e. The normalized spacial score (nSPS) is 27.4. The fourth-order valence-electron chi connectivity index (χ4n) is 2.24. The van der Waals surface area contributed by atoms with Crippen LogP contribution in [0, 0.1) is 17.3 Å². The van der Waals surface area contributed by atoms with Crippen LogP contribution < -0.4 is 0 Å². The Balaban J connectivity index is 2.15. The van der Waals surface area contributed by atoms with E-state index in [4.69, 9.17) is 19.5 Å². The summed E-state index contributed by atoms with van der Waals surface area (Å²) in [6.45, 7) is 14.2. The van der Waals surface area contributed by atoms with Crippen LogP contribution in [-0.2, 0) is 9.47 Å². The highest BCUT2D eigenvalue weighted by Gasteiger charge is 2.41. The monoisotopic (exact) mass is 266 g/mol. The molecule has 0 amide bonds. The Kier molecular flexibility index (Phi) is 3.88. The van der Waals surface area contributed by atoms with Crippen molar-refractivity contribution in [3.63, 3.8) is 0 Å². The Morgan fingerprint density at radius 1 is 0.895 bits per heavy atom. The Morgan fingerprint density at radius 3 is 1.53 bits per heavy atom. The average molecular weight is 266 g/mol. The summed E-state index contributed by atoms with van der Waals surface area (Å²) in [5.74, 6) is 2.55. The van der Waals surface area contributed by atoms with E-state index < -0.39 is 0 Å². The van der Waals surface area contributed by atoms with Crippen molar-refractivity contribution < 1.29 is 9.47 Å². The zero-order valence-corrected chi connectivity index (χ0v) is 12.9. The van der Waals surface area contributed by atoms with E-state index in [1.54, 1.807) is 0 Å². The molecular formula is C15H26N2O2. The lowest BCUT2D eigenvalue weighted by Gasteiger charge is -2.22. The molecule has 2 atom stereocenters. The molecule has 0 fully saturated rings. The highest BCUT2D eigenvalue weighted by Crippen LogP contribution is 2.31. The first-order valence-corrected chi connectivity index (χ1v) is 7.24. The number of hydrogen-bond donors (Lipinski definition) is 0. The molecule has 2 aliphatic rings. The Labute approximate surface area is 116 Å². The van der Waals surface area contributed by atoms with Crippen LogP contribution in [0.4, 0.5) is 0 Å². The van der Waals surface area contributed by atoms with Crippen LogP contribution in [0.2, 0.25) is 0 Å². The first kappa shape index (κ1) is 14.4. The van der Waals surface area contributed by atoms with Gasteiger partial charge in [-0.3, -0.25) is 0 Å². The predicted molar refractivity (Wildman–Crippen MR) is 77.8 cm³/mol. The standard InChI is InChI=1S/C15H26N2O2/c1-9(2)11-7-18-13(16-11)15(5,6)14-17-12(8-19-14)10(3)4/h9-12H,7-8H2,1-6H3/t11-,12-/m0/s1. The van der Waals surface area contributed by atoms with E-state index in [1.165, 1.54) is 0 Å². The topological polar surface area (TPSA) is 43.2 Å². The molecule has 0 N–H and O–H groups in total. The SMILES string of the molecule is CC(C)[C@@H]1COC(C(C)(C)C2=N[C@H](C(C)C)CO2)=N1. The second-order valence-corrected chi connectivity index (χ2v) is 6.74. The van der Waals surface area contributed by atoms with Crippen molar-refractivity contribution in [3.05, 3.63) is 0 Å². The molecule has 0 aromatic heterocycles. The maximum absolute atomic E-state index is 5.79. The molecule has 0 saturated heterocycles. The van der Waals surface area contributed by atoms with Gasteiger partial charge in [-0.15, -0.1) is 0 Å². The van der Waals surface area contributed by atoms with Gasteiger partial charge in [-0.25, -0.2) is 9.98 Å². The lowest BCUT2D eigenvalue weighted by Crippen LogP contribution is -2.34. The molecule has 2 heterocycles. The van der Waals surface area contributed by atoms with E-state index in [9.17, 15) is 0 Å². The quantitative estimate of drug-likeness (QED) is 0.785. The predicted octanol–water partition coefficient (Wildman–Crippen LogP) is 2.92. The van der Waals surface area contributed by atoms with Gasteiger partial charge in [0.25, 0.3) is 0 Å². The van der Waals surface area contributed by atoms with E-state index in [0.717, 1.165) is 11.8 Å². The molecule has 2 rings (SSSR count). The lowest BCUT2D eigenvalue weighted by molar-refractivity contribution is 0.249. The van der Waals surface area contributed by atoms with Crippen LogP contribution in [0.5, 0.6) is 0 Å². The van der Waals surface area contributed by atoms with Gasteiger partial charge in [0.1, 0.15) is 18.6 Å². The van der Waals surface area contributed by atoms with Gasteiger partial charge in [0.05, 0.1) is 12.1 Å². The van der Waals surface area contributed by atoms with Crippen LogP contribution in [0.15, 0.2) is 9.98 Å². The molecule has 0 saturated carbocycles. The van der Waals surface area contributed by atoms with Gasteiger partial charge < -0.3 is 9.47 Å². The molecule has 4 nitrogen and oxygen atoms in total. The first-order valence-electron chi connectivity index (χ1n) is 7.24. The number of ether oxygens (including phenoxy) is 2. The molecule has 0 bridgehead atoms. The molecule has 0 aliphatic carbocycles. The molecular weight excluding hydrogens is 240 g/mol. The third-order valence-corrected chi connectivity index (χ3v) is 3.96. The third-order valence-electron chi connectivity index (χ3n) is 3.96. The van der Waals surface area contributed by atoms with Gasteiger partial charge in [-0.05, 0) is 25.7 Å². The molecule has 0 unspecified atom stereocenters. The number of hydrogen-bond acceptors (Lipinski definition) is 4. The van der Waals surface area contributed by atoms with Gasteiger partial charge in [0.15, 0.2) is 11.8 Å². The Bertz CT molecular complexity index is 361. The van der Waals surface area contributed by atoms with E-state index >= 15 is 0 Å². The summed E-state index contributed by atoms with van der Waals surface area (Å²) >= 11 is 0. The number of rotatable bonds is 4. The molecule has 0 spiro atoms. The van der Waals surface area contributed by atoms with Crippen molar-refractivity contribution >= 4 is 11.8 Å². The highest BCUT2D eigenvalue weighted by molar-refractivity contribution is 6.05. The first-order chi connectivity index (χ1) is 8.82. The molecule has 0 aromatic carbocycles. The summed E-state index contributed by atoms with van der Waals surface area (Å²) in [5.41, 5.74) is -0.354. The van der Waals surface area contributed by atoms with Crippen LogP contribution in [0.25, 0.3) is 0 Å². The molecule has 0 radical (unpaired) electrons. The average Bonchev–Trinajstić information content (AvgIpc) is 2.99. The summed E-state index contributed by atoms with van der Waals surface area (Å²) in [6.07, 6.45) is 0. The van der Waals surface area contributed by atoms with Crippen LogP contribution in [0.3, 0.4) is 0 Å². The smallest absolute Gasteiger partial charge is 0.199 e. The second kappa shape index (κ2) is 5.14. The zero-order valence-electron chi connectivity index (χ0n) is 12.9. The molecule has 0 aromatic rings. The highest BCUT2D eigenvalue weighted by atomic mass is 16.5. The van der Waals surface area contributed by atoms with Gasteiger partial charge in [0.2, 0.25) is 0 Å². The van der Waals surface area contributed by atoms with Gasteiger partial charge in [0, 0.05) is 0 Å². The number of aliphatic imine (C=N–C) groups is 2. The number of nitrogens with zero attached hydrogens (tertiary/aromatic N) is 2. The molecule has 108 valence electrons. The van der Waals surface area contributed by atoms with Gasteiger partial charge in [-0.1, -0.05) is 27.7 Å². The van der Waals surface area contributed by atoms with E-state index in [-0.39, 0.29) is 17.5 Å². The minimum Gasteiger partial charge on any atom is -0.478 e. The summed E-state index contributed by atoms with van der Waals surface area (Å²) < 4.78 is 11.6. The van der Waals surface area contributed by atoms with Crippen molar-refractivity contribution in [2.24, 2.45) is 27.2 Å². The van der Waals surface area contributed by atoms with Crippen LogP contribution in [-0.4, -0.2) is 37.1 Å². The molecule has 19 heavy (non-hydrogen) atoms. The van der Waals surface area contributed by atoms with Crippen molar-refractivity contribution in [3.8, 4) is 0 Å². The maximum atomic E-state index is 5.79. The summed E-state index contributed by atoms with van der Waals surface area (Å²) in [6, 6.07) is 0.523. The summed E-state index contributed by atoms with van der Waals surface area (Å²) in [7, 11) is 0. The Hall–Kier alpha value is -1.06. The minimum atomic E-state index is -0.354. The van der Waals surface area contributed by atoms with Crippen LogP contribution >= 0.6 is 0 Å². The van der Waals surface area contributed by atoms with E-state index in [2.05, 4.69) is 41.5 Å². The summed E-state index contributed by atoms with van der Waals surface area (Å²) in [4.78, 5) is 9.41. The summed E-state index contributed by atoms with van der Waals surface area (Å²) in [5, 5.41) is 0. The van der Waals surface area contributed by atoms with Gasteiger partial charge >= 0.3 is 0 Å². The fraction of sp³-hybridized carbons (Fsp3) is 0.867. The van der Waals surface area contributed by atoms with Crippen molar-refractivity contribution in [2.75, 3.05) is 13.2 Å². The van der Waals surface area contributed by atoms with Crippen molar-refractivity contribution in [2.45, 2.75) is 53.6 Å². The molecule has 2 aliphatic heterocycles. The lowest BCUT2D eigenvalue weighted by atomic mass is 9.92. The Morgan fingerprint density at radius 2 is 1.26 bits per heavy atom. The van der Waals surface area contributed by atoms with E-state index in [1.807, 2.05) is 0 Å². The second-order valence-electron chi connectivity index (χ2n) is 6.74. The van der Waals surface area contributed by atoms with Crippen molar-refractivity contribution in [1.82, 2.24) is 0 Å². The van der Waals surface area contributed by atoms with E-state index in [0.29, 0.717) is 25.0 Å². The fourth-order valence-corrected chi connectivity index (χ4v) is 2.24. The third kappa shape index (κ3) is 2.77. The van der Waals surface area contributed by atoms with Crippen LogP contribution in [0.1, 0.15) is 41.5 Å². The zero-order chi connectivity index (χ0) is 14.2. The van der Waals surface area contributed by atoms with Crippen molar-refractivity contribution in [1.29, 1.82) is 0 Å².